The van der Waals surface area contributed by atoms with Gasteiger partial charge in [-0.15, -0.1) is 0 Å². The van der Waals surface area contributed by atoms with Crippen LogP contribution in [0.25, 0.3) is 0 Å². The van der Waals surface area contributed by atoms with Crippen LogP contribution in [0.4, 0.5) is 18.9 Å². The average Bonchev–Trinajstić information content (AvgIpc) is 2.87. The molecule has 1 aromatic rings. The Hall–Kier alpha value is -1.65. The van der Waals surface area contributed by atoms with Crippen LogP contribution in [0.1, 0.15) is 12.8 Å². The molecular formula is C14H17F3N2O4S. The number of hydrogen-bond donors (Lipinski definition) is 2. The van der Waals surface area contributed by atoms with Crippen molar-refractivity contribution in [1.82, 2.24) is 0 Å². The fourth-order valence-corrected chi connectivity index (χ4v) is 3.43. The van der Waals surface area contributed by atoms with Crippen LogP contribution in [-0.2, 0) is 19.4 Å². The van der Waals surface area contributed by atoms with E-state index in [2.05, 4.69) is 5.32 Å². The number of rotatable bonds is 4. The van der Waals surface area contributed by atoms with Gasteiger partial charge in [-0.25, -0.2) is 8.42 Å². The second-order valence-corrected chi connectivity index (χ2v) is 7.51. The molecule has 1 aliphatic carbocycles. The number of hydrogen-bond acceptors (Lipinski definition) is 5. The van der Waals surface area contributed by atoms with Crippen LogP contribution in [0, 0.1) is 5.92 Å². The summed E-state index contributed by atoms with van der Waals surface area (Å²) in [5.74, 6) is -1.04. The van der Waals surface area contributed by atoms with E-state index >= 15 is 0 Å². The van der Waals surface area contributed by atoms with Crippen molar-refractivity contribution >= 4 is 21.4 Å². The summed E-state index contributed by atoms with van der Waals surface area (Å²) in [6.07, 6.45) is 0.730. The molecule has 0 radical (unpaired) electrons. The van der Waals surface area contributed by atoms with Crippen LogP contribution in [0.3, 0.4) is 0 Å². The summed E-state index contributed by atoms with van der Waals surface area (Å²) in [5, 5.41) is 2.42. The Labute approximate surface area is 137 Å². The summed E-state index contributed by atoms with van der Waals surface area (Å²) in [5.41, 5.74) is 0.420. The molecule has 134 valence electrons. The van der Waals surface area contributed by atoms with E-state index in [1.165, 1.54) is 13.2 Å². The smallest absolute Gasteiger partial charge is 0.381 e. The number of amides is 1. The molecule has 0 aliphatic heterocycles. The predicted octanol–water partition coefficient (Wildman–Crippen LogP) is 1.67. The molecule has 3 atom stereocenters. The first-order valence-electron chi connectivity index (χ1n) is 7.07. The summed E-state index contributed by atoms with van der Waals surface area (Å²) in [4.78, 5) is 11.3. The second kappa shape index (κ2) is 6.69. The Morgan fingerprint density at radius 2 is 2.00 bits per heavy atom. The van der Waals surface area contributed by atoms with Crippen molar-refractivity contribution in [2.24, 2.45) is 11.7 Å². The number of benzene rings is 1. The Morgan fingerprint density at radius 1 is 1.33 bits per heavy atom. The fourth-order valence-electron chi connectivity index (χ4n) is 2.63. The van der Waals surface area contributed by atoms with Gasteiger partial charge in [-0.3, -0.25) is 4.79 Å². The van der Waals surface area contributed by atoms with Crippen molar-refractivity contribution in [3.63, 3.8) is 0 Å². The Bertz CT molecular complexity index is 721. The molecule has 1 fully saturated rings. The lowest BCUT2D eigenvalue weighted by Gasteiger charge is -2.15. The topological polar surface area (TPSA) is 98.5 Å². The molecule has 1 amide bonds. The van der Waals surface area contributed by atoms with E-state index in [-0.39, 0.29) is 11.8 Å². The van der Waals surface area contributed by atoms with E-state index < -0.39 is 38.1 Å². The zero-order valence-electron chi connectivity index (χ0n) is 12.7. The summed E-state index contributed by atoms with van der Waals surface area (Å²) < 4.78 is 65.7. The predicted molar refractivity (Wildman–Crippen MR) is 79.8 cm³/mol. The van der Waals surface area contributed by atoms with Crippen LogP contribution >= 0.6 is 0 Å². The van der Waals surface area contributed by atoms with Gasteiger partial charge in [0.2, 0.25) is 5.91 Å². The third-order valence-corrected chi connectivity index (χ3v) is 5.44. The summed E-state index contributed by atoms with van der Waals surface area (Å²) >= 11 is 0. The Balaban J connectivity index is 2.17. The number of halogens is 3. The number of anilines is 1. The molecule has 0 spiro atoms. The first-order chi connectivity index (χ1) is 11.1. The fraction of sp³-hybridized carbons (Fsp3) is 0.500. The van der Waals surface area contributed by atoms with Gasteiger partial charge in [-0.1, -0.05) is 6.07 Å². The molecule has 10 heteroatoms. The van der Waals surface area contributed by atoms with E-state index in [0.717, 1.165) is 18.2 Å². The number of sulfone groups is 1. The number of carbonyl (C=O) groups excluding carboxylic acids is 1. The standard InChI is InChI=1S/C14H17F3N2O4S/c1-23-9-6-11(12(18)7-9)13(20)19-8-3-2-4-10(5-8)24(21,22)14(15,16)17/h2-5,9,11-12H,6-7,18H2,1H3,(H,19,20)/t9-,11?,12-/m1/s1. The first-order valence-corrected chi connectivity index (χ1v) is 8.55. The van der Waals surface area contributed by atoms with Crippen LogP contribution in [0.5, 0.6) is 0 Å². The lowest BCUT2D eigenvalue weighted by molar-refractivity contribution is -0.120. The normalized spacial score (nSPS) is 24.8. The average molecular weight is 366 g/mol. The number of nitrogens with one attached hydrogen (secondary N) is 1. The van der Waals surface area contributed by atoms with Gasteiger partial charge in [-0.2, -0.15) is 13.2 Å². The largest absolute Gasteiger partial charge is 0.501 e. The molecule has 6 nitrogen and oxygen atoms in total. The van der Waals surface area contributed by atoms with E-state index in [4.69, 9.17) is 10.5 Å². The number of methoxy groups -OCH3 is 1. The molecule has 0 aromatic heterocycles. The maximum atomic E-state index is 12.6. The molecule has 1 saturated carbocycles. The lowest BCUT2D eigenvalue weighted by atomic mass is 10.0. The van der Waals surface area contributed by atoms with Gasteiger partial charge in [0.05, 0.1) is 16.9 Å². The first kappa shape index (κ1) is 18.7. The molecule has 1 unspecified atom stereocenters. The van der Waals surface area contributed by atoms with Crippen LogP contribution in [0.2, 0.25) is 0 Å². The maximum absolute atomic E-state index is 12.6. The van der Waals surface area contributed by atoms with Crippen molar-refractivity contribution in [2.45, 2.75) is 35.4 Å². The van der Waals surface area contributed by atoms with Crippen molar-refractivity contribution in [3.05, 3.63) is 24.3 Å². The maximum Gasteiger partial charge on any atom is 0.501 e. The zero-order valence-corrected chi connectivity index (χ0v) is 13.5. The van der Waals surface area contributed by atoms with Gasteiger partial charge < -0.3 is 15.8 Å². The Kier molecular flexibility index (Phi) is 5.21. The van der Waals surface area contributed by atoms with Gasteiger partial charge in [0.1, 0.15) is 0 Å². The van der Waals surface area contributed by atoms with Crippen molar-refractivity contribution in [3.8, 4) is 0 Å². The third-order valence-electron chi connectivity index (χ3n) is 3.96. The van der Waals surface area contributed by atoms with Gasteiger partial charge >= 0.3 is 5.51 Å². The highest BCUT2D eigenvalue weighted by molar-refractivity contribution is 7.92. The van der Waals surface area contributed by atoms with Gasteiger partial charge in [0.25, 0.3) is 9.84 Å². The number of alkyl halides is 3. The Morgan fingerprint density at radius 3 is 2.54 bits per heavy atom. The minimum absolute atomic E-state index is 0.0432. The summed E-state index contributed by atoms with van der Waals surface area (Å²) in [7, 11) is -3.97. The quantitative estimate of drug-likeness (QED) is 0.845. The van der Waals surface area contributed by atoms with E-state index in [0.29, 0.717) is 12.8 Å². The molecule has 0 bridgehead atoms. The number of ether oxygens (including phenoxy) is 1. The molecule has 1 aliphatic rings. The van der Waals surface area contributed by atoms with E-state index in [1.807, 2.05) is 0 Å². The van der Waals surface area contributed by atoms with Gasteiger partial charge in [-0.05, 0) is 31.0 Å². The highest BCUT2D eigenvalue weighted by Crippen LogP contribution is 2.32. The van der Waals surface area contributed by atoms with E-state index in [9.17, 15) is 26.4 Å². The van der Waals surface area contributed by atoms with Gasteiger partial charge in [0, 0.05) is 18.8 Å². The third kappa shape index (κ3) is 3.70. The lowest BCUT2D eigenvalue weighted by Crippen LogP contribution is -2.34. The molecule has 1 aromatic carbocycles. The van der Waals surface area contributed by atoms with Crippen molar-refractivity contribution < 1.29 is 31.1 Å². The second-order valence-electron chi connectivity index (χ2n) is 5.57. The number of nitrogens with two attached hydrogens (primary N) is 1. The van der Waals surface area contributed by atoms with Crippen LogP contribution in [0.15, 0.2) is 29.2 Å². The van der Waals surface area contributed by atoms with Gasteiger partial charge in [0.15, 0.2) is 0 Å². The molecule has 2 rings (SSSR count). The van der Waals surface area contributed by atoms with Crippen LogP contribution in [-0.4, -0.2) is 39.1 Å². The molecule has 24 heavy (non-hydrogen) atoms. The highest BCUT2D eigenvalue weighted by Gasteiger charge is 2.47. The zero-order chi connectivity index (χ0) is 18.1. The summed E-state index contributed by atoms with van der Waals surface area (Å²) in [6, 6.07) is 3.59. The summed E-state index contributed by atoms with van der Waals surface area (Å²) in [6.45, 7) is 0. The van der Waals surface area contributed by atoms with E-state index in [1.54, 1.807) is 0 Å². The molecular weight excluding hydrogens is 349 g/mol. The SMILES string of the molecule is CO[C@@H]1CC(C(=O)Nc2cccc(S(=O)(=O)C(F)(F)F)c2)[C@H](N)C1. The highest BCUT2D eigenvalue weighted by atomic mass is 32.2. The molecule has 0 saturated heterocycles. The number of carbonyl (C=O) groups is 1. The van der Waals surface area contributed by atoms with Crippen molar-refractivity contribution in [2.75, 3.05) is 12.4 Å². The van der Waals surface area contributed by atoms with Crippen molar-refractivity contribution in [1.29, 1.82) is 0 Å². The minimum atomic E-state index is -5.47. The monoisotopic (exact) mass is 366 g/mol. The molecule has 3 N–H and O–H groups in total. The van der Waals surface area contributed by atoms with Crippen LogP contribution < -0.4 is 11.1 Å². The minimum Gasteiger partial charge on any atom is -0.381 e. The molecule has 0 heterocycles.